The maximum absolute atomic E-state index is 4.23. The normalized spacial score (nSPS) is 10.1. The summed E-state index contributed by atoms with van der Waals surface area (Å²) in [4.78, 5) is 12.5. The van der Waals surface area contributed by atoms with Gasteiger partial charge in [-0.25, -0.2) is 15.0 Å². The predicted molar refractivity (Wildman–Crippen MR) is 67.6 cm³/mol. The van der Waals surface area contributed by atoms with Gasteiger partial charge in [0.1, 0.15) is 22.2 Å². The fourth-order valence-electron chi connectivity index (χ4n) is 1.11. The van der Waals surface area contributed by atoms with Gasteiger partial charge in [0.15, 0.2) is 0 Å². The van der Waals surface area contributed by atoms with E-state index in [0.717, 1.165) is 20.3 Å². The van der Waals surface area contributed by atoms with Gasteiger partial charge in [-0.2, -0.15) is 0 Å². The molecular formula is C10H9BrN4S. The molecule has 0 aromatic carbocycles. The molecule has 4 nitrogen and oxygen atoms in total. The molecule has 0 fully saturated rings. The summed E-state index contributed by atoms with van der Waals surface area (Å²) in [6, 6.07) is 5.78. The highest BCUT2D eigenvalue weighted by molar-refractivity contribution is 9.10. The third kappa shape index (κ3) is 2.51. The minimum absolute atomic E-state index is 0.772. The van der Waals surface area contributed by atoms with Crippen LogP contribution in [-0.4, -0.2) is 22.0 Å². The average molecular weight is 297 g/mol. The van der Waals surface area contributed by atoms with Crippen LogP contribution in [0.1, 0.15) is 0 Å². The van der Waals surface area contributed by atoms with Gasteiger partial charge in [-0.05, 0) is 39.8 Å². The minimum Gasteiger partial charge on any atom is -0.372 e. The number of aromatic nitrogens is 3. The molecule has 0 radical (unpaired) electrons. The van der Waals surface area contributed by atoms with Crippen molar-refractivity contribution in [3.05, 3.63) is 35.2 Å². The quantitative estimate of drug-likeness (QED) is 0.883. The molecule has 2 aromatic rings. The van der Waals surface area contributed by atoms with Gasteiger partial charge in [0.25, 0.3) is 0 Å². The van der Waals surface area contributed by atoms with Crippen LogP contribution in [0.3, 0.4) is 0 Å². The smallest absolute Gasteiger partial charge is 0.144 e. The molecular weight excluding hydrogens is 288 g/mol. The van der Waals surface area contributed by atoms with Crippen molar-refractivity contribution < 1.29 is 0 Å². The molecule has 0 saturated carbocycles. The first-order chi connectivity index (χ1) is 7.81. The Balaban J connectivity index is 2.28. The number of pyridine rings is 1. The van der Waals surface area contributed by atoms with Gasteiger partial charge in [0.2, 0.25) is 0 Å². The van der Waals surface area contributed by atoms with Gasteiger partial charge in [0.05, 0.1) is 4.47 Å². The Morgan fingerprint density at radius 2 is 2.12 bits per heavy atom. The summed E-state index contributed by atoms with van der Waals surface area (Å²) in [5.41, 5.74) is 0. The van der Waals surface area contributed by atoms with Crippen molar-refractivity contribution in [2.75, 3.05) is 12.4 Å². The highest BCUT2D eigenvalue weighted by Gasteiger charge is 2.09. The van der Waals surface area contributed by atoms with Gasteiger partial charge in [-0.15, -0.1) is 0 Å². The van der Waals surface area contributed by atoms with Crippen molar-refractivity contribution in [1.29, 1.82) is 0 Å². The van der Waals surface area contributed by atoms with E-state index < -0.39 is 0 Å². The second-order valence-electron chi connectivity index (χ2n) is 2.86. The van der Waals surface area contributed by atoms with Crippen molar-refractivity contribution in [3.63, 3.8) is 0 Å². The van der Waals surface area contributed by atoms with Crippen LogP contribution >= 0.6 is 27.7 Å². The Labute approximate surface area is 106 Å². The van der Waals surface area contributed by atoms with E-state index in [2.05, 4.69) is 36.2 Å². The largest absolute Gasteiger partial charge is 0.372 e. The topological polar surface area (TPSA) is 50.7 Å². The Kier molecular flexibility index (Phi) is 3.74. The monoisotopic (exact) mass is 296 g/mol. The van der Waals surface area contributed by atoms with Gasteiger partial charge in [0, 0.05) is 13.2 Å². The first kappa shape index (κ1) is 11.3. The SMILES string of the molecule is CNc1ncnc(Sc2ccccn2)c1Br. The lowest BCUT2D eigenvalue weighted by molar-refractivity contribution is 1.02. The third-order valence-corrected chi connectivity index (χ3v) is 3.80. The van der Waals surface area contributed by atoms with E-state index >= 15 is 0 Å². The van der Waals surface area contributed by atoms with E-state index in [-0.39, 0.29) is 0 Å². The highest BCUT2D eigenvalue weighted by Crippen LogP contribution is 2.33. The van der Waals surface area contributed by atoms with Crippen molar-refractivity contribution in [2.45, 2.75) is 10.1 Å². The number of nitrogens with one attached hydrogen (secondary N) is 1. The lowest BCUT2D eigenvalue weighted by Crippen LogP contribution is -1.96. The second kappa shape index (κ2) is 5.27. The van der Waals surface area contributed by atoms with E-state index in [0.29, 0.717) is 0 Å². The summed E-state index contributed by atoms with van der Waals surface area (Å²) in [6.07, 6.45) is 3.29. The zero-order valence-electron chi connectivity index (χ0n) is 8.51. The Morgan fingerprint density at radius 1 is 1.25 bits per heavy atom. The number of nitrogens with zero attached hydrogens (tertiary/aromatic N) is 3. The lowest BCUT2D eigenvalue weighted by Gasteiger charge is -2.06. The molecule has 1 N–H and O–H groups in total. The standard InChI is InChI=1S/C10H9BrN4S/c1-12-9-8(11)10(15-6-14-9)16-7-4-2-3-5-13-7/h2-6H,1H3,(H,12,14,15). The highest BCUT2D eigenvalue weighted by atomic mass is 79.9. The molecule has 16 heavy (non-hydrogen) atoms. The van der Waals surface area contributed by atoms with Crippen LogP contribution < -0.4 is 5.32 Å². The van der Waals surface area contributed by atoms with E-state index in [1.165, 1.54) is 18.1 Å². The van der Waals surface area contributed by atoms with E-state index in [9.17, 15) is 0 Å². The molecule has 0 unspecified atom stereocenters. The van der Waals surface area contributed by atoms with Crippen molar-refractivity contribution in [2.24, 2.45) is 0 Å². The fraction of sp³-hybridized carbons (Fsp3) is 0.100. The second-order valence-corrected chi connectivity index (χ2v) is 4.66. The van der Waals surface area contributed by atoms with E-state index in [1.54, 1.807) is 6.20 Å². The van der Waals surface area contributed by atoms with Gasteiger partial charge in [-0.1, -0.05) is 6.07 Å². The maximum atomic E-state index is 4.23. The average Bonchev–Trinajstić information content (AvgIpc) is 2.33. The Bertz CT molecular complexity index is 478. The van der Waals surface area contributed by atoms with E-state index in [1.807, 2.05) is 25.2 Å². The molecule has 0 saturated heterocycles. The van der Waals surface area contributed by atoms with Crippen LogP contribution in [0.15, 0.2) is 45.2 Å². The van der Waals surface area contributed by atoms with Crippen molar-refractivity contribution in [1.82, 2.24) is 15.0 Å². The lowest BCUT2D eigenvalue weighted by atomic mass is 10.5. The Morgan fingerprint density at radius 3 is 2.81 bits per heavy atom. The number of anilines is 1. The number of halogens is 1. The first-order valence-electron chi connectivity index (χ1n) is 4.58. The van der Waals surface area contributed by atoms with Crippen molar-refractivity contribution in [3.8, 4) is 0 Å². The van der Waals surface area contributed by atoms with E-state index in [4.69, 9.17) is 0 Å². The fourth-order valence-corrected chi connectivity index (χ4v) is 2.50. The number of rotatable bonds is 3. The molecule has 82 valence electrons. The molecule has 0 spiro atoms. The molecule has 0 aliphatic heterocycles. The zero-order valence-corrected chi connectivity index (χ0v) is 10.9. The zero-order chi connectivity index (χ0) is 11.4. The number of hydrogen-bond donors (Lipinski definition) is 1. The molecule has 2 aromatic heterocycles. The van der Waals surface area contributed by atoms with Gasteiger partial charge < -0.3 is 5.32 Å². The summed E-state index contributed by atoms with van der Waals surface area (Å²) >= 11 is 4.96. The van der Waals surface area contributed by atoms with Crippen LogP contribution in [0.4, 0.5) is 5.82 Å². The summed E-state index contributed by atoms with van der Waals surface area (Å²) < 4.78 is 0.855. The molecule has 0 bridgehead atoms. The molecule has 0 atom stereocenters. The summed E-state index contributed by atoms with van der Waals surface area (Å²) in [5.74, 6) is 0.772. The number of hydrogen-bond acceptors (Lipinski definition) is 5. The van der Waals surface area contributed by atoms with Crippen molar-refractivity contribution >= 4 is 33.5 Å². The van der Waals surface area contributed by atoms with Crippen LogP contribution in [0.2, 0.25) is 0 Å². The Hall–Kier alpha value is -1.14. The molecule has 2 heterocycles. The van der Waals surface area contributed by atoms with Gasteiger partial charge in [-0.3, -0.25) is 0 Å². The first-order valence-corrected chi connectivity index (χ1v) is 6.19. The minimum atomic E-state index is 0.772. The summed E-state index contributed by atoms with van der Waals surface area (Å²) in [5, 5.41) is 4.74. The molecule has 0 aliphatic carbocycles. The maximum Gasteiger partial charge on any atom is 0.144 e. The van der Waals surface area contributed by atoms with Crippen LogP contribution in [0.5, 0.6) is 0 Å². The van der Waals surface area contributed by atoms with Gasteiger partial charge >= 0.3 is 0 Å². The predicted octanol–water partition coefficient (Wildman–Crippen LogP) is 2.83. The van der Waals surface area contributed by atoms with Crippen LogP contribution in [-0.2, 0) is 0 Å². The molecule has 6 heteroatoms. The summed E-state index contributed by atoms with van der Waals surface area (Å²) in [7, 11) is 1.82. The molecule has 0 amide bonds. The third-order valence-electron chi connectivity index (χ3n) is 1.83. The van der Waals surface area contributed by atoms with Crippen LogP contribution in [0, 0.1) is 0 Å². The van der Waals surface area contributed by atoms with Crippen LogP contribution in [0.25, 0.3) is 0 Å². The summed E-state index contributed by atoms with van der Waals surface area (Å²) in [6.45, 7) is 0. The molecule has 2 rings (SSSR count). The molecule has 0 aliphatic rings.